The molecule has 0 fully saturated rings. The number of amides is 2. The summed E-state index contributed by atoms with van der Waals surface area (Å²) in [6, 6.07) is 17.7. The fraction of sp³-hybridized carbons (Fsp3) is 0.286. The van der Waals surface area contributed by atoms with Crippen LogP contribution in [-0.2, 0) is 16.1 Å². The van der Waals surface area contributed by atoms with E-state index < -0.39 is 29.2 Å². The molecule has 4 aromatic rings. The van der Waals surface area contributed by atoms with Gasteiger partial charge in [0, 0.05) is 16.8 Å². The van der Waals surface area contributed by atoms with Crippen molar-refractivity contribution in [2.24, 2.45) is 0 Å². The summed E-state index contributed by atoms with van der Waals surface area (Å²) in [6.45, 7) is 9.16. The molecule has 0 saturated heterocycles. The summed E-state index contributed by atoms with van der Waals surface area (Å²) in [5, 5.41) is 11.2. The van der Waals surface area contributed by atoms with Gasteiger partial charge in [0.2, 0.25) is 11.8 Å². The Kier molecular flexibility index (Phi) is 6.88. The molecule has 3 aromatic carbocycles. The van der Waals surface area contributed by atoms with Crippen molar-refractivity contribution in [2.45, 2.75) is 52.7 Å². The number of fused-ring (bicyclic) bond motifs is 1. The lowest BCUT2D eigenvalue weighted by atomic mass is 9.99. The summed E-state index contributed by atoms with van der Waals surface area (Å²) >= 11 is 0. The van der Waals surface area contributed by atoms with Crippen LogP contribution in [0.3, 0.4) is 0 Å². The molecular formula is C28H30FN5O2. The summed E-state index contributed by atoms with van der Waals surface area (Å²) in [6.07, 6.45) is 0. The van der Waals surface area contributed by atoms with Gasteiger partial charge in [-0.2, -0.15) is 0 Å². The van der Waals surface area contributed by atoms with Gasteiger partial charge in [-0.3, -0.25) is 14.5 Å². The maximum atomic E-state index is 15.2. The van der Waals surface area contributed by atoms with Crippen molar-refractivity contribution in [3.05, 3.63) is 89.2 Å². The predicted molar refractivity (Wildman–Crippen MR) is 138 cm³/mol. The molecule has 7 nitrogen and oxygen atoms in total. The SMILES string of the molecule is Cc1ccc(N(C(=O)Cn2nnc3ccccc32)[C@@H](C(=O)NC(C)(C)C)c2ccccc2F)c(C)c1. The molecular weight excluding hydrogens is 457 g/mol. The highest BCUT2D eigenvalue weighted by Gasteiger charge is 2.36. The van der Waals surface area contributed by atoms with Gasteiger partial charge >= 0.3 is 0 Å². The van der Waals surface area contributed by atoms with Gasteiger partial charge in [0.1, 0.15) is 23.9 Å². The smallest absolute Gasteiger partial charge is 0.249 e. The lowest BCUT2D eigenvalue weighted by Crippen LogP contribution is -2.50. The van der Waals surface area contributed by atoms with Gasteiger partial charge in [-0.1, -0.05) is 53.2 Å². The van der Waals surface area contributed by atoms with Crippen molar-refractivity contribution in [1.29, 1.82) is 0 Å². The van der Waals surface area contributed by atoms with Crippen molar-refractivity contribution in [1.82, 2.24) is 20.3 Å². The zero-order valence-electron chi connectivity index (χ0n) is 21.1. The molecule has 1 aromatic heterocycles. The van der Waals surface area contributed by atoms with Crippen LogP contribution < -0.4 is 10.2 Å². The molecule has 0 aliphatic carbocycles. The first-order valence-electron chi connectivity index (χ1n) is 11.8. The second kappa shape index (κ2) is 9.89. The largest absolute Gasteiger partial charge is 0.349 e. The number of halogens is 1. The molecule has 4 rings (SSSR count). The van der Waals surface area contributed by atoms with Crippen LogP contribution in [0.15, 0.2) is 66.7 Å². The third kappa shape index (κ3) is 5.27. The Hall–Kier alpha value is -4.07. The minimum Gasteiger partial charge on any atom is -0.349 e. The number of hydrogen-bond acceptors (Lipinski definition) is 4. The first-order chi connectivity index (χ1) is 17.0. The van der Waals surface area contributed by atoms with Crippen molar-refractivity contribution in [3.63, 3.8) is 0 Å². The fourth-order valence-corrected chi connectivity index (χ4v) is 4.26. The molecule has 0 radical (unpaired) electrons. The Labute approximate surface area is 209 Å². The highest BCUT2D eigenvalue weighted by molar-refractivity contribution is 6.02. The minimum absolute atomic E-state index is 0.107. The number of anilines is 1. The van der Waals surface area contributed by atoms with E-state index in [0.717, 1.165) is 11.1 Å². The molecule has 0 saturated carbocycles. The number of nitrogens with one attached hydrogen (secondary N) is 1. The Bertz CT molecular complexity index is 1420. The van der Waals surface area contributed by atoms with E-state index in [2.05, 4.69) is 15.6 Å². The minimum atomic E-state index is -1.24. The van der Waals surface area contributed by atoms with Crippen LogP contribution in [0, 0.1) is 19.7 Å². The number of hydrogen-bond donors (Lipinski definition) is 1. The Morgan fingerprint density at radius 1 is 1.03 bits per heavy atom. The normalized spacial score (nSPS) is 12.4. The number of rotatable bonds is 6. The van der Waals surface area contributed by atoms with Crippen molar-refractivity contribution in [2.75, 3.05) is 4.90 Å². The second-order valence-corrected chi connectivity index (χ2v) is 9.95. The highest BCUT2D eigenvalue weighted by atomic mass is 19.1. The predicted octanol–water partition coefficient (Wildman–Crippen LogP) is 4.88. The zero-order valence-corrected chi connectivity index (χ0v) is 21.1. The van der Waals surface area contributed by atoms with Crippen molar-refractivity contribution >= 4 is 28.5 Å². The molecule has 0 unspecified atom stereocenters. The fourth-order valence-electron chi connectivity index (χ4n) is 4.26. The average Bonchev–Trinajstić information content (AvgIpc) is 3.20. The molecule has 8 heteroatoms. The molecule has 1 N–H and O–H groups in total. The van der Waals surface area contributed by atoms with E-state index in [0.29, 0.717) is 16.7 Å². The molecule has 0 aliphatic heterocycles. The summed E-state index contributed by atoms with van der Waals surface area (Å²) in [5.74, 6) is -1.47. The number of carbonyl (C=O) groups is 2. The topological polar surface area (TPSA) is 80.1 Å². The van der Waals surface area contributed by atoms with Crippen LogP contribution in [-0.4, -0.2) is 32.3 Å². The third-order valence-corrected chi connectivity index (χ3v) is 5.79. The summed E-state index contributed by atoms with van der Waals surface area (Å²) < 4.78 is 16.7. The second-order valence-electron chi connectivity index (χ2n) is 9.95. The highest BCUT2D eigenvalue weighted by Crippen LogP contribution is 2.33. The van der Waals surface area contributed by atoms with E-state index in [1.54, 1.807) is 18.2 Å². The van der Waals surface area contributed by atoms with Crippen LogP contribution in [0.2, 0.25) is 0 Å². The van der Waals surface area contributed by atoms with Gasteiger partial charge in [0.15, 0.2) is 0 Å². The van der Waals surface area contributed by atoms with Gasteiger partial charge in [0.05, 0.1) is 5.52 Å². The maximum absolute atomic E-state index is 15.2. The Morgan fingerprint density at radius 2 is 1.72 bits per heavy atom. The molecule has 0 aliphatic rings. The number of aryl methyl sites for hydroxylation is 2. The quantitative estimate of drug-likeness (QED) is 0.421. The van der Waals surface area contributed by atoms with Crippen molar-refractivity contribution in [3.8, 4) is 0 Å². The lowest BCUT2D eigenvalue weighted by Gasteiger charge is -2.34. The van der Waals surface area contributed by atoms with Crippen LogP contribution in [0.25, 0.3) is 11.0 Å². The van der Waals surface area contributed by atoms with Crippen LogP contribution in [0.1, 0.15) is 43.5 Å². The molecule has 2 amide bonds. The van der Waals surface area contributed by atoms with Crippen LogP contribution in [0.5, 0.6) is 0 Å². The Balaban J connectivity index is 1.87. The van der Waals surface area contributed by atoms with E-state index >= 15 is 4.39 Å². The number of nitrogens with zero attached hydrogens (tertiary/aromatic N) is 4. The summed E-state index contributed by atoms with van der Waals surface area (Å²) in [4.78, 5) is 29.1. The van der Waals surface area contributed by atoms with Crippen LogP contribution in [0.4, 0.5) is 10.1 Å². The molecule has 36 heavy (non-hydrogen) atoms. The average molecular weight is 488 g/mol. The standard InChI is InChI=1S/C28H30FN5O2/c1-18-14-15-23(19(2)16-18)34(25(35)17-33-24-13-9-8-12-22(24)31-32-33)26(27(36)30-28(3,4)5)20-10-6-7-11-21(20)29/h6-16,26H,17H2,1-5H3,(H,30,36)/t26-/m1/s1. The molecule has 0 bridgehead atoms. The Morgan fingerprint density at radius 3 is 2.42 bits per heavy atom. The zero-order chi connectivity index (χ0) is 26.0. The molecule has 0 spiro atoms. The first-order valence-corrected chi connectivity index (χ1v) is 11.8. The molecule has 1 atom stereocenters. The van der Waals surface area contributed by atoms with E-state index in [-0.39, 0.29) is 12.1 Å². The summed E-state index contributed by atoms with van der Waals surface area (Å²) in [7, 11) is 0. The number of aromatic nitrogens is 3. The number of carbonyl (C=O) groups excluding carboxylic acids is 2. The van der Waals surface area contributed by atoms with Gasteiger partial charge in [-0.25, -0.2) is 9.07 Å². The van der Waals surface area contributed by atoms with Gasteiger partial charge in [-0.15, -0.1) is 5.10 Å². The number of benzene rings is 3. The van der Waals surface area contributed by atoms with Gasteiger partial charge in [-0.05, 0) is 64.4 Å². The molecule has 186 valence electrons. The first kappa shape index (κ1) is 25.0. The van der Waals surface area contributed by atoms with Gasteiger partial charge < -0.3 is 5.32 Å². The van der Waals surface area contributed by atoms with E-state index in [9.17, 15) is 9.59 Å². The number of para-hydroxylation sites is 1. The van der Waals surface area contributed by atoms with E-state index in [4.69, 9.17) is 0 Å². The molecule has 1 heterocycles. The third-order valence-electron chi connectivity index (χ3n) is 5.79. The summed E-state index contributed by atoms with van der Waals surface area (Å²) in [5.41, 5.74) is 3.17. The maximum Gasteiger partial charge on any atom is 0.249 e. The monoisotopic (exact) mass is 487 g/mol. The van der Waals surface area contributed by atoms with Gasteiger partial charge in [0.25, 0.3) is 0 Å². The van der Waals surface area contributed by atoms with Crippen molar-refractivity contribution < 1.29 is 14.0 Å². The van der Waals surface area contributed by atoms with E-state index in [1.165, 1.54) is 21.7 Å². The van der Waals surface area contributed by atoms with Crippen LogP contribution >= 0.6 is 0 Å². The lowest BCUT2D eigenvalue weighted by molar-refractivity contribution is -0.128. The van der Waals surface area contributed by atoms with E-state index in [1.807, 2.05) is 71.0 Å².